The number of methoxy groups -OCH3 is 1. The molecule has 27 heavy (non-hydrogen) atoms. The van der Waals surface area contributed by atoms with Crippen LogP contribution in [0.5, 0.6) is 5.75 Å². The molecule has 0 saturated heterocycles. The molecule has 0 aliphatic rings. The van der Waals surface area contributed by atoms with Crippen LogP contribution in [0.1, 0.15) is 18.2 Å². The summed E-state index contributed by atoms with van der Waals surface area (Å²) in [6.07, 6.45) is 0.896. The molecular formula is C22H26N4O. The average Bonchev–Trinajstić information content (AvgIpc) is 2.70. The fourth-order valence-corrected chi connectivity index (χ4v) is 2.96. The van der Waals surface area contributed by atoms with Crippen molar-refractivity contribution in [2.45, 2.75) is 20.3 Å². The number of nitrogens with zero attached hydrogens (tertiary/aromatic N) is 3. The van der Waals surface area contributed by atoms with Crippen LogP contribution >= 0.6 is 0 Å². The molecule has 0 unspecified atom stereocenters. The van der Waals surface area contributed by atoms with E-state index in [4.69, 9.17) is 9.72 Å². The van der Waals surface area contributed by atoms with Crippen molar-refractivity contribution in [2.75, 3.05) is 30.4 Å². The SMILES string of the molecule is CCN(c1ccccc1)c1cc(C)nc(NCCc2ccc(OC)cc2)n1. The Morgan fingerprint density at radius 2 is 1.74 bits per heavy atom. The van der Waals surface area contributed by atoms with E-state index in [2.05, 4.69) is 46.4 Å². The first-order valence-corrected chi connectivity index (χ1v) is 9.24. The first-order valence-electron chi connectivity index (χ1n) is 9.24. The molecule has 2 aromatic carbocycles. The minimum Gasteiger partial charge on any atom is -0.497 e. The minimum absolute atomic E-state index is 0.660. The van der Waals surface area contributed by atoms with E-state index in [1.165, 1.54) is 5.56 Å². The zero-order chi connectivity index (χ0) is 19.1. The van der Waals surface area contributed by atoms with E-state index in [9.17, 15) is 0 Å². The molecule has 5 heteroatoms. The van der Waals surface area contributed by atoms with Crippen LogP contribution in [-0.2, 0) is 6.42 Å². The molecule has 0 aliphatic carbocycles. The maximum Gasteiger partial charge on any atom is 0.224 e. The zero-order valence-electron chi connectivity index (χ0n) is 16.1. The molecule has 0 aliphatic heterocycles. The number of hydrogen-bond acceptors (Lipinski definition) is 5. The third-order valence-electron chi connectivity index (χ3n) is 4.36. The molecule has 3 aromatic rings. The highest BCUT2D eigenvalue weighted by atomic mass is 16.5. The summed E-state index contributed by atoms with van der Waals surface area (Å²) in [4.78, 5) is 11.4. The molecule has 0 saturated carbocycles. The van der Waals surface area contributed by atoms with Crippen molar-refractivity contribution >= 4 is 17.5 Å². The smallest absolute Gasteiger partial charge is 0.224 e. The molecule has 0 radical (unpaired) electrons. The predicted molar refractivity (Wildman–Crippen MR) is 111 cm³/mol. The van der Waals surface area contributed by atoms with Gasteiger partial charge < -0.3 is 15.0 Å². The summed E-state index contributed by atoms with van der Waals surface area (Å²) in [5, 5.41) is 3.35. The van der Waals surface area contributed by atoms with E-state index in [1.54, 1.807) is 7.11 Å². The molecule has 0 amide bonds. The highest BCUT2D eigenvalue weighted by Crippen LogP contribution is 2.24. The van der Waals surface area contributed by atoms with Crippen LogP contribution in [0.3, 0.4) is 0 Å². The number of aryl methyl sites for hydroxylation is 1. The summed E-state index contributed by atoms with van der Waals surface area (Å²) >= 11 is 0. The highest BCUT2D eigenvalue weighted by Gasteiger charge is 2.11. The van der Waals surface area contributed by atoms with Crippen LogP contribution in [0.15, 0.2) is 60.7 Å². The third kappa shape index (κ3) is 4.97. The van der Waals surface area contributed by atoms with Gasteiger partial charge in [0, 0.05) is 30.5 Å². The zero-order valence-corrected chi connectivity index (χ0v) is 16.1. The predicted octanol–water partition coefficient (Wildman–Crippen LogP) is 4.61. The van der Waals surface area contributed by atoms with Crippen molar-refractivity contribution in [1.29, 1.82) is 0 Å². The second kappa shape index (κ2) is 9.03. The van der Waals surface area contributed by atoms with Crippen LogP contribution in [0, 0.1) is 6.92 Å². The summed E-state index contributed by atoms with van der Waals surface area (Å²) in [6.45, 7) is 5.73. The van der Waals surface area contributed by atoms with Crippen LogP contribution in [0.4, 0.5) is 17.5 Å². The van der Waals surface area contributed by atoms with Gasteiger partial charge in [0.2, 0.25) is 5.95 Å². The first kappa shape index (κ1) is 18.7. The van der Waals surface area contributed by atoms with Crippen molar-refractivity contribution < 1.29 is 4.74 Å². The van der Waals surface area contributed by atoms with E-state index >= 15 is 0 Å². The maximum absolute atomic E-state index is 5.20. The number of rotatable bonds is 8. The van der Waals surface area contributed by atoms with Crippen LogP contribution in [0.2, 0.25) is 0 Å². The number of anilines is 3. The summed E-state index contributed by atoms with van der Waals surface area (Å²) in [7, 11) is 1.68. The Balaban J connectivity index is 1.69. The Morgan fingerprint density at radius 3 is 2.41 bits per heavy atom. The Labute approximate surface area is 161 Å². The maximum atomic E-state index is 5.20. The molecule has 0 atom stereocenters. The normalized spacial score (nSPS) is 10.5. The van der Waals surface area contributed by atoms with Gasteiger partial charge in [0.1, 0.15) is 11.6 Å². The monoisotopic (exact) mass is 362 g/mol. The molecule has 1 N–H and O–H groups in total. The lowest BCUT2D eigenvalue weighted by molar-refractivity contribution is 0.414. The van der Waals surface area contributed by atoms with Gasteiger partial charge in [-0.1, -0.05) is 30.3 Å². The fraction of sp³-hybridized carbons (Fsp3) is 0.273. The Kier molecular flexibility index (Phi) is 6.26. The molecule has 3 rings (SSSR count). The summed E-state index contributed by atoms with van der Waals surface area (Å²) in [5.74, 6) is 2.44. The van der Waals surface area contributed by atoms with Gasteiger partial charge >= 0.3 is 0 Å². The van der Waals surface area contributed by atoms with Crippen LogP contribution in [-0.4, -0.2) is 30.2 Å². The number of nitrogens with one attached hydrogen (secondary N) is 1. The topological polar surface area (TPSA) is 50.3 Å². The van der Waals surface area contributed by atoms with Crippen LogP contribution in [0.25, 0.3) is 0 Å². The van der Waals surface area contributed by atoms with Crippen molar-refractivity contribution in [3.05, 3.63) is 71.9 Å². The largest absolute Gasteiger partial charge is 0.497 e. The highest BCUT2D eigenvalue weighted by molar-refractivity contribution is 5.61. The lowest BCUT2D eigenvalue weighted by atomic mass is 10.1. The van der Waals surface area contributed by atoms with Gasteiger partial charge in [0.05, 0.1) is 7.11 Å². The van der Waals surface area contributed by atoms with Gasteiger partial charge in [-0.2, -0.15) is 4.98 Å². The number of para-hydroxylation sites is 1. The first-order chi connectivity index (χ1) is 13.2. The van der Waals surface area contributed by atoms with Gasteiger partial charge in [-0.15, -0.1) is 0 Å². The standard InChI is InChI=1S/C22H26N4O/c1-4-26(19-8-6-5-7-9-19)21-16-17(2)24-22(25-21)23-15-14-18-10-12-20(27-3)13-11-18/h5-13,16H,4,14-15H2,1-3H3,(H,23,24,25). The van der Waals surface area contributed by atoms with E-state index in [-0.39, 0.29) is 0 Å². The fourth-order valence-electron chi connectivity index (χ4n) is 2.96. The quantitative estimate of drug-likeness (QED) is 0.634. The van der Waals surface area contributed by atoms with E-state index in [1.807, 2.05) is 43.3 Å². The van der Waals surface area contributed by atoms with Gasteiger partial charge in [-0.25, -0.2) is 4.98 Å². The minimum atomic E-state index is 0.660. The summed E-state index contributed by atoms with van der Waals surface area (Å²) in [6, 6.07) is 20.4. The molecule has 0 spiro atoms. The van der Waals surface area contributed by atoms with Crippen molar-refractivity contribution in [2.24, 2.45) is 0 Å². The van der Waals surface area contributed by atoms with E-state index in [0.29, 0.717) is 5.95 Å². The average molecular weight is 362 g/mol. The molecular weight excluding hydrogens is 336 g/mol. The molecule has 1 aromatic heterocycles. The van der Waals surface area contributed by atoms with Gasteiger partial charge in [0.15, 0.2) is 0 Å². The van der Waals surface area contributed by atoms with Crippen molar-refractivity contribution in [3.8, 4) is 5.75 Å². The summed E-state index contributed by atoms with van der Waals surface area (Å²) in [5.41, 5.74) is 3.32. The number of ether oxygens (including phenoxy) is 1. The Hall–Kier alpha value is -3.08. The van der Waals surface area contributed by atoms with Crippen LogP contribution < -0.4 is 15.0 Å². The third-order valence-corrected chi connectivity index (χ3v) is 4.36. The van der Waals surface area contributed by atoms with Gasteiger partial charge in [-0.05, 0) is 50.1 Å². The lowest BCUT2D eigenvalue weighted by Gasteiger charge is -2.23. The Bertz CT molecular complexity index is 850. The molecule has 0 fully saturated rings. The van der Waals surface area contributed by atoms with Crippen molar-refractivity contribution in [1.82, 2.24) is 9.97 Å². The molecule has 140 valence electrons. The molecule has 1 heterocycles. The van der Waals surface area contributed by atoms with Gasteiger partial charge in [-0.3, -0.25) is 0 Å². The van der Waals surface area contributed by atoms with E-state index in [0.717, 1.165) is 42.5 Å². The van der Waals surface area contributed by atoms with Crippen molar-refractivity contribution in [3.63, 3.8) is 0 Å². The lowest BCUT2D eigenvalue weighted by Crippen LogP contribution is -2.19. The Morgan fingerprint density at radius 1 is 1.00 bits per heavy atom. The second-order valence-electron chi connectivity index (χ2n) is 6.30. The van der Waals surface area contributed by atoms with E-state index < -0.39 is 0 Å². The number of aromatic nitrogens is 2. The molecule has 0 bridgehead atoms. The second-order valence-corrected chi connectivity index (χ2v) is 6.30. The number of hydrogen-bond donors (Lipinski definition) is 1. The molecule has 5 nitrogen and oxygen atoms in total. The summed E-state index contributed by atoms with van der Waals surface area (Å²) < 4.78 is 5.20. The van der Waals surface area contributed by atoms with Gasteiger partial charge in [0.25, 0.3) is 0 Å². The number of benzene rings is 2.